The molecule has 0 unspecified atom stereocenters. The highest BCUT2D eigenvalue weighted by Crippen LogP contribution is 2.17. The van der Waals surface area contributed by atoms with Crippen molar-refractivity contribution in [1.82, 2.24) is 5.32 Å². The smallest absolute Gasteiger partial charge is 0.305 e. The van der Waals surface area contributed by atoms with Crippen LogP contribution in [0.25, 0.3) is 0 Å². The minimum absolute atomic E-state index is 0.192. The summed E-state index contributed by atoms with van der Waals surface area (Å²) in [6, 6.07) is 5.16. The Morgan fingerprint density at radius 1 is 1.33 bits per heavy atom. The van der Waals surface area contributed by atoms with Crippen LogP contribution in [0.5, 0.6) is 0 Å². The Bertz CT molecular complexity index is 336. The van der Waals surface area contributed by atoms with E-state index in [0.29, 0.717) is 5.02 Å². The van der Waals surface area contributed by atoms with Crippen LogP contribution in [0, 0.1) is 6.92 Å². The molecular weight excluding hydrogens is 227 g/mol. The molecule has 0 saturated carbocycles. The van der Waals surface area contributed by atoms with Crippen LogP contribution in [0.1, 0.15) is 11.1 Å². The first kappa shape index (κ1) is 12.3. The maximum atomic E-state index is 11.8. The van der Waals surface area contributed by atoms with E-state index < -0.39 is 12.7 Å². The topological polar surface area (TPSA) is 12.0 Å². The van der Waals surface area contributed by atoms with Crippen molar-refractivity contribution in [2.45, 2.75) is 19.6 Å². The van der Waals surface area contributed by atoms with Gasteiger partial charge in [0.05, 0.1) is 6.54 Å². The zero-order valence-corrected chi connectivity index (χ0v) is 8.91. The standard InChI is InChI=1S/C10H11ClF3N/c1-7-4-8(2-3-9(7)11)5-15-6-10(12,13)14/h2-4,15H,5-6H2,1H3. The Morgan fingerprint density at radius 3 is 2.53 bits per heavy atom. The zero-order valence-electron chi connectivity index (χ0n) is 8.16. The van der Waals surface area contributed by atoms with Crippen LogP contribution >= 0.6 is 11.6 Å². The number of aryl methyl sites for hydroxylation is 1. The van der Waals surface area contributed by atoms with Crippen molar-refractivity contribution in [3.05, 3.63) is 34.3 Å². The number of nitrogens with one attached hydrogen (secondary N) is 1. The van der Waals surface area contributed by atoms with Crippen LogP contribution in [0.2, 0.25) is 5.02 Å². The molecule has 0 spiro atoms. The Morgan fingerprint density at radius 2 is 2.00 bits per heavy atom. The number of alkyl halides is 3. The normalized spacial score (nSPS) is 11.8. The second kappa shape index (κ2) is 4.86. The van der Waals surface area contributed by atoms with E-state index in [0.717, 1.165) is 11.1 Å². The van der Waals surface area contributed by atoms with E-state index in [-0.39, 0.29) is 6.54 Å². The summed E-state index contributed by atoms with van der Waals surface area (Å²) in [5, 5.41) is 2.94. The lowest BCUT2D eigenvalue weighted by atomic mass is 10.1. The molecule has 1 aromatic carbocycles. The van der Waals surface area contributed by atoms with Crippen molar-refractivity contribution in [1.29, 1.82) is 0 Å². The van der Waals surface area contributed by atoms with Gasteiger partial charge in [0.1, 0.15) is 0 Å². The molecule has 84 valence electrons. The van der Waals surface area contributed by atoms with Crippen molar-refractivity contribution in [2.75, 3.05) is 6.54 Å². The molecule has 0 fully saturated rings. The number of hydrogen-bond acceptors (Lipinski definition) is 1. The first-order valence-corrected chi connectivity index (χ1v) is 4.79. The SMILES string of the molecule is Cc1cc(CNCC(F)(F)F)ccc1Cl. The summed E-state index contributed by atoms with van der Waals surface area (Å²) in [5.41, 5.74) is 1.66. The van der Waals surface area contributed by atoms with E-state index >= 15 is 0 Å². The largest absolute Gasteiger partial charge is 0.401 e. The van der Waals surface area contributed by atoms with Gasteiger partial charge in [-0.2, -0.15) is 13.2 Å². The van der Waals surface area contributed by atoms with Gasteiger partial charge in [-0.25, -0.2) is 0 Å². The molecule has 0 aliphatic carbocycles. The summed E-state index contributed by atoms with van der Waals surface area (Å²) in [4.78, 5) is 0. The lowest BCUT2D eigenvalue weighted by Crippen LogP contribution is -2.28. The minimum Gasteiger partial charge on any atom is -0.305 e. The molecule has 0 heterocycles. The van der Waals surface area contributed by atoms with E-state index in [2.05, 4.69) is 5.32 Å². The third-order valence-corrected chi connectivity index (χ3v) is 2.30. The summed E-state index contributed by atoms with van der Waals surface area (Å²) < 4.78 is 35.5. The molecule has 1 N–H and O–H groups in total. The molecule has 5 heteroatoms. The summed E-state index contributed by atoms with van der Waals surface area (Å²) in [6.45, 7) is 1.03. The monoisotopic (exact) mass is 237 g/mol. The molecule has 0 radical (unpaired) electrons. The van der Waals surface area contributed by atoms with Crippen molar-refractivity contribution in [3.8, 4) is 0 Å². The predicted octanol–water partition coefficient (Wildman–Crippen LogP) is 3.30. The van der Waals surface area contributed by atoms with E-state index in [4.69, 9.17) is 11.6 Å². The van der Waals surface area contributed by atoms with Crippen LogP contribution in [-0.4, -0.2) is 12.7 Å². The first-order chi connectivity index (χ1) is 6.88. The average Bonchev–Trinajstić information content (AvgIpc) is 2.09. The Kier molecular flexibility index (Phi) is 3.99. The number of halogens is 4. The molecule has 1 nitrogen and oxygen atoms in total. The lowest BCUT2D eigenvalue weighted by molar-refractivity contribution is -0.125. The highest BCUT2D eigenvalue weighted by Gasteiger charge is 2.25. The van der Waals surface area contributed by atoms with Gasteiger partial charge in [0.15, 0.2) is 0 Å². The first-order valence-electron chi connectivity index (χ1n) is 4.41. The fourth-order valence-electron chi connectivity index (χ4n) is 1.17. The highest BCUT2D eigenvalue weighted by atomic mass is 35.5. The molecule has 0 aliphatic heterocycles. The van der Waals surface area contributed by atoms with Crippen LogP contribution in [0.4, 0.5) is 13.2 Å². The van der Waals surface area contributed by atoms with Gasteiger partial charge in [-0.15, -0.1) is 0 Å². The van der Waals surface area contributed by atoms with E-state index in [1.807, 2.05) is 6.92 Å². The van der Waals surface area contributed by atoms with E-state index in [1.54, 1.807) is 18.2 Å². The zero-order chi connectivity index (χ0) is 11.5. The van der Waals surface area contributed by atoms with Crippen molar-refractivity contribution < 1.29 is 13.2 Å². The molecule has 0 saturated heterocycles. The van der Waals surface area contributed by atoms with Gasteiger partial charge in [-0.3, -0.25) is 0 Å². The average molecular weight is 238 g/mol. The maximum absolute atomic E-state index is 11.8. The van der Waals surface area contributed by atoms with Crippen LogP contribution in [-0.2, 0) is 6.54 Å². The van der Waals surface area contributed by atoms with Gasteiger partial charge in [0, 0.05) is 11.6 Å². The number of hydrogen-bond donors (Lipinski definition) is 1. The molecule has 0 aliphatic rings. The van der Waals surface area contributed by atoms with Crippen molar-refractivity contribution in [3.63, 3.8) is 0 Å². The molecule has 1 aromatic rings. The van der Waals surface area contributed by atoms with Crippen molar-refractivity contribution >= 4 is 11.6 Å². The van der Waals surface area contributed by atoms with Crippen LogP contribution in [0.3, 0.4) is 0 Å². The van der Waals surface area contributed by atoms with Crippen molar-refractivity contribution in [2.24, 2.45) is 0 Å². The second-order valence-corrected chi connectivity index (χ2v) is 3.71. The van der Waals surface area contributed by atoms with Crippen LogP contribution in [0.15, 0.2) is 18.2 Å². The summed E-state index contributed by atoms with van der Waals surface area (Å²) in [5.74, 6) is 0. The third-order valence-electron chi connectivity index (χ3n) is 1.88. The number of benzene rings is 1. The fraction of sp³-hybridized carbons (Fsp3) is 0.400. The van der Waals surface area contributed by atoms with Gasteiger partial charge in [-0.1, -0.05) is 23.7 Å². The van der Waals surface area contributed by atoms with Gasteiger partial charge in [0.2, 0.25) is 0 Å². The van der Waals surface area contributed by atoms with Gasteiger partial charge < -0.3 is 5.32 Å². The lowest BCUT2D eigenvalue weighted by Gasteiger charge is -2.08. The minimum atomic E-state index is -4.17. The van der Waals surface area contributed by atoms with Gasteiger partial charge in [-0.05, 0) is 24.1 Å². The quantitative estimate of drug-likeness (QED) is 0.851. The van der Waals surface area contributed by atoms with E-state index in [9.17, 15) is 13.2 Å². The molecule has 0 bridgehead atoms. The molecule has 0 aromatic heterocycles. The Hall–Kier alpha value is -0.740. The number of rotatable bonds is 3. The second-order valence-electron chi connectivity index (χ2n) is 3.30. The molecule has 0 atom stereocenters. The van der Waals surface area contributed by atoms with Gasteiger partial charge in [0.25, 0.3) is 0 Å². The Balaban J connectivity index is 2.48. The van der Waals surface area contributed by atoms with E-state index in [1.165, 1.54) is 0 Å². The fourth-order valence-corrected chi connectivity index (χ4v) is 1.28. The molecule has 1 rings (SSSR count). The highest BCUT2D eigenvalue weighted by molar-refractivity contribution is 6.31. The Labute approximate surface area is 91.2 Å². The van der Waals surface area contributed by atoms with Gasteiger partial charge >= 0.3 is 6.18 Å². The summed E-state index contributed by atoms with van der Waals surface area (Å²) >= 11 is 5.79. The third kappa shape index (κ3) is 4.53. The summed E-state index contributed by atoms with van der Waals surface area (Å²) in [7, 11) is 0. The van der Waals surface area contributed by atoms with Crippen LogP contribution < -0.4 is 5.32 Å². The molecule has 0 amide bonds. The maximum Gasteiger partial charge on any atom is 0.401 e. The molecular formula is C10H11ClF3N. The molecule has 15 heavy (non-hydrogen) atoms. The predicted molar refractivity (Wildman–Crippen MR) is 54.0 cm³/mol. The summed E-state index contributed by atoms with van der Waals surface area (Å²) in [6.07, 6.45) is -4.17.